The van der Waals surface area contributed by atoms with Crippen LogP contribution in [0.5, 0.6) is 0 Å². The molecular formula is C31H40N4O. The van der Waals surface area contributed by atoms with E-state index in [0.29, 0.717) is 6.04 Å². The van der Waals surface area contributed by atoms with Crippen LogP contribution in [0.15, 0.2) is 42.5 Å². The Kier molecular flexibility index (Phi) is 7.68. The van der Waals surface area contributed by atoms with E-state index in [1.165, 1.54) is 52.6 Å². The fraction of sp³-hybridized carbons (Fsp3) is 0.484. The van der Waals surface area contributed by atoms with E-state index >= 15 is 0 Å². The number of anilines is 1. The van der Waals surface area contributed by atoms with Gasteiger partial charge in [0.1, 0.15) is 5.82 Å². The first-order chi connectivity index (χ1) is 17.6. The van der Waals surface area contributed by atoms with Crippen LogP contribution >= 0.6 is 0 Å². The number of fused-ring (bicyclic) bond motifs is 1. The van der Waals surface area contributed by atoms with Gasteiger partial charge in [0.2, 0.25) is 0 Å². The first kappa shape index (κ1) is 24.9. The molecule has 0 radical (unpaired) electrons. The van der Waals surface area contributed by atoms with Crippen LogP contribution < -0.4 is 4.90 Å². The first-order valence-corrected chi connectivity index (χ1v) is 13.7. The lowest BCUT2D eigenvalue weighted by Crippen LogP contribution is -2.38. The minimum Gasteiger partial charge on any atom is -0.378 e. The van der Waals surface area contributed by atoms with Crippen molar-refractivity contribution in [2.45, 2.75) is 65.5 Å². The van der Waals surface area contributed by atoms with Crippen molar-refractivity contribution in [2.75, 3.05) is 38.3 Å². The molecule has 5 rings (SSSR count). The third kappa shape index (κ3) is 4.91. The lowest BCUT2D eigenvalue weighted by molar-refractivity contribution is 0.122. The molecule has 0 saturated carbocycles. The van der Waals surface area contributed by atoms with Crippen molar-refractivity contribution < 1.29 is 4.74 Å². The molecule has 2 heterocycles. The van der Waals surface area contributed by atoms with E-state index in [9.17, 15) is 0 Å². The number of ether oxygens (including phenoxy) is 1. The summed E-state index contributed by atoms with van der Waals surface area (Å²) in [6, 6.07) is 16.0. The van der Waals surface area contributed by atoms with Crippen LogP contribution in [0.4, 0.5) is 5.82 Å². The number of benzene rings is 2. The lowest BCUT2D eigenvalue weighted by atomic mass is 9.87. The number of aromatic nitrogens is 2. The van der Waals surface area contributed by atoms with E-state index in [1.54, 1.807) is 0 Å². The average molecular weight is 485 g/mol. The van der Waals surface area contributed by atoms with E-state index in [0.717, 1.165) is 63.0 Å². The monoisotopic (exact) mass is 484 g/mol. The number of rotatable bonds is 7. The molecular weight excluding hydrogens is 444 g/mol. The highest BCUT2D eigenvalue weighted by Crippen LogP contribution is 2.36. The largest absolute Gasteiger partial charge is 0.378 e. The number of hydrogen-bond donors (Lipinski definition) is 0. The quantitative estimate of drug-likeness (QED) is 0.416. The summed E-state index contributed by atoms with van der Waals surface area (Å²) in [5, 5.41) is 0. The van der Waals surface area contributed by atoms with Gasteiger partial charge in [0.15, 0.2) is 5.82 Å². The third-order valence-corrected chi connectivity index (χ3v) is 8.00. The Balaban J connectivity index is 1.56. The van der Waals surface area contributed by atoms with Crippen LogP contribution in [0.1, 0.15) is 66.2 Å². The van der Waals surface area contributed by atoms with Gasteiger partial charge in [-0.1, -0.05) is 56.3 Å². The Bertz CT molecular complexity index is 1180. The van der Waals surface area contributed by atoms with Crippen molar-refractivity contribution in [3.8, 4) is 11.4 Å². The molecule has 0 bridgehead atoms. The van der Waals surface area contributed by atoms with Gasteiger partial charge >= 0.3 is 0 Å². The second-order valence-electron chi connectivity index (χ2n) is 10.2. The van der Waals surface area contributed by atoms with Gasteiger partial charge in [-0.25, -0.2) is 9.97 Å². The van der Waals surface area contributed by atoms with Crippen LogP contribution in [-0.2, 0) is 30.5 Å². The van der Waals surface area contributed by atoms with Gasteiger partial charge in [-0.2, -0.15) is 0 Å². The molecule has 1 aromatic heterocycles. The van der Waals surface area contributed by atoms with Crippen LogP contribution in [-0.4, -0.2) is 48.2 Å². The molecule has 2 aliphatic rings. The summed E-state index contributed by atoms with van der Waals surface area (Å²) < 4.78 is 5.70. The van der Waals surface area contributed by atoms with E-state index in [-0.39, 0.29) is 0 Å². The molecule has 0 N–H and O–H groups in total. The fourth-order valence-electron chi connectivity index (χ4n) is 5.99. The Morgan fingerprint density at radius 2 is 1.69 bits per heavy atom. The van der Waals surface area contributed by atoms with E-state index < -0.39 is 0 Å². The molecule has 1 saturated heterocycles. The zero-order valence-corrected chi connectivity index (χ0v) is 22.4. The second-order valence-corrected chi connectivity index (χ2v) is 10.2. The summed E-state index contributed by atoms with van der Waals surface area (Å²) in [5.41, 5.74) is 9.19. The Morgan fingerprint density at radius 3 is 2.42 bits per heavy atom. The van der Waals surface area contributed by atoms with Gasteiger partial charge in [-0.15, -0.1) is 0 Å². The van der Waals surface area contributed by atoms with Gasteiger partial charge in [0.05, 0.1) is 13.2 Å². The Morgan fingerprint density at radius 1 is 0.972 bits per heavy atom. The highest BCUT2D eigenvalue weighted by Gasteiger charge is 2.27. The predicted molar refractivity (Wildman–Crippen MR) is 148 cm³/mol. The van der Waals surface area contributed by atoms with Crippen LogP contribution in [0.3, 0.4) is 0 Å². The van der Waals surface area contributed by atoms with Crippen LogP contribution in [0, 0.1) is 6.92 Å². The van der Waals surface area contributed by atoms with Gasteiger partial charge in [-0.05, 0) is 68.3 Å². The summed E-state index contributed by atoms with van der Waals surface area (Å²) in [4.78, 5) is 15.4. The molecule has 1 aliphatic heterocycles. The molecule has 1 aliphatic carbocycles. The van der Waals surface area contributed by atoms with Gasteiger partial charge < -0.3 is 9.64 Å². The standard InChI is InChI=1S/C31H40N4O/c1-5-23-12-9-13-24(6-2)29(23)30-32-22(3)27(31(33-30)35-17-19-36-20-18-35)21-34(4)28-16-10-14-25-11-7-8-15-26(25)28/h7-9,11-13,15,28H,5-6,10,14,16-21H2,1-4H3/t28-/m0/s1. The summed E-state index contributed by atoms with van der Waals surface area (Å²) in [7, 11) is 2.27. The van der Waals surface area contributed by atoms with E-state index in [1.807, 2.05) is 0 Å². The number of aryl methyl sites for hydroxylation is 4. The van der Waals surface area contributed by atoms with Gasteiger partial charge in [-0.3, -0.25) is 4.90 Å². The Hall–Kier alpha value is -2.76. The highest BCUT2D eigenvalue weighted by molar-refractivity contribution is 5.68. The maximum atomic E-state index is 5.70. The summed E-state index contributed by atoms with van der Waals surface area (Å²) in [5.74, 6) is 1.96. The maximum Gasteiger partial charge on any atom is 0.162 e. The SMILES string of the molecule is CCc1cccc(CC)c1-c1nc(C)c(CN(C)[C@H]2CCCc3ccccc32)c(N2CCOCC2)n1. The number of hydrogen-bond acceptors (Lipinski definition) is 5. The van der Waals surface area contributed by atoms with Crippen molar-refractivity contribution in [2.24, 2.45) is 0 Å². The molecule has 5 heteroatoms. The maximum absolute atomic E-state index is 5.70. The zero-order chi connectivity index (χ0) is 25.1. The molecule has 0 unspecified atom stereocenters. The molecule has 0 spiro atoms. The van der Waals surface area contributed by atoms with Crippen LogP contribution in [0.2, 0.25) is 0 Å². The molecule has 5 nitrogen and oxygen atoms in total. The first-order valence-electron chi connectivity index (χ1n) is 13.7. The van der Waals surface area contributed by atoms with Crippen molar-refractivity contribution >= 4 is 5.82 Å². The van der Waals surface area contributed by atoms with Crippen molar-refractivity contribution in [3.63, 3.8) is 0 Å². The second kappa shape index (κ2) is 11.1. The number of morpholine rings is 1. The normalized spacial score (nSPS) is 17.9. The molecule has 2 aromatic carbocycles. The van der Waals surface area contributed by atoms with Crippen LogP contribution in [0.25, 0.3) is 11.4 Å². The zero-order valence-electron chi connectivity index (χ0n) is 22.4. The van der Waals surface area contributed by atoms with E-state index in [2.05, 4.69) is 80.1 Å². The van der Waals surface area contributed by atoms with E-state index in [4.69, 9.17) is 14.7 Å². The molecule has 1 atom stereocenters. The van der Waals surface area contributed by atoms with Gasteiger partial charge in [0, 0.05) is 42.5 Å². The molecule has 3 aromatic rings. The number of nitrogens with zero attached hydrogens (tertiary/aromatic N) is 4. The molecule has 36 heavy (non-hydrogen) atoms. The van der Waals surface area contributed by atoms with Gasteiger partial charge in [0.25, 0.3) is 0 Å². The summed E-state index contributed by atoms with van der Waals surface area (Å²) >= 11 is 0. The third-order valence-electron chi connectivity index (χ3n) is 8.00. The van der Waals surface area contributed by atoms with Crippen molar-refractivity contribution in [1.82, 2.24) is 14.9 Å². The smallest absolute Gasteiger partial charge is 0.162 e. The lowest BCUT2D eigenvalue weighted by Gasteiger charge is -2.35. The molecule has 1 fully saturated rings. The Labute approximate surface area is 216 Å². The summed E-state index contributed by atoms with van der Waals surface area (Å²) in [6.07, 6.45) is 5.58. The average Bonchev–Trinajstić information content (AvgIpc) is 2.93. The molecule has 0 amide bonds. The highest BCUT2D eigenvalue weighted by atomic mass is 16.5. The minimum absolute atomic E-state index is 0.430. The summed E-state index contributed by atoms with van der Waals surface area (Å²) in [6.45, 7) is 10.7. The van der Waals surface area contributed by atoms with Crippen molar-refractivity contribution in [3.05, 3.63) is 76.0 Å². The fourth-order valence-corrected chi connectivity index (χ4v) is 5.99. The topological polar surface area (TPSA) is 41.5 Å². The van der Waals surface area contributed by atoms with Crippen molar-refractivity contribution in [1.29, 1.82) is 0 Å². The minimum atomic E-state index is 0.430. The predicted octanol–water partition coefficient (Wildman–Crippen LogP) is 5.92. The molecule has 190 valence electrons.